The van der Waals surface area contributed by atoms with Gasteiger partial charge in [0.15, 0.2) is 9.84 Å². The second-order valence-corrected chi connectivity index (χ2v) is 7.89. The summed E-state index contributed by atoms with van der Waals surface area (Å²) in [5, 5.41) is -0.272. The fraction of sp³-hybridized carbons (Fsp3) is 0.750. The van der Waals surface area contributed by atoms with Crippen molar-refractivity contribution in [3.63, 3.8) is 0 Å². The van der Waals surface area contributed by atoms with Gasteiger partial charge in [0.25, 0.3) is 0 Å². The van der Waals surface area contributed by atoms with Crippen LogP contribution in [0.5, 0.6) is 0 Å². The molecule has 18 heavy (non-hydrogen) atoms. The summed E-state index contributed by atoms with van der Waals surface area (Å²) in [7, 11) is -2.87. The lowest BCUT2D eigenvalue weighted by atomic mass is 10.2. The molecular weight excluding hydrogens is 250 g/mol. The van der Waals surface area contributed by atoms with Crippen molar-refractivity contribution in [2.24, 2.45) is 0 Å². The van der Waals surface area contributed by atoms with E-state index < -0.39 is 9.84 Å². The third-order valence-corrected chi connectivity index (χ3v) is 5.59. The third-order valence-electron chi connectivity index (χ3n) is 3.46. The smallest absolute Gasteiger partial charge is 0.155 e. The molecule has 1 N–H and O–H groups in total. The van der Waals surface area contributed by atoms with Crippen molar-refractivity contribution in [1.82, 2.24) is 14.9 Å². The molecule has 6 heteroatoms. The molecule has 1 fully saturated rings. The van der Waals surface area contributed by atoms with Crippen molar-refractivity contribution in [1.29, 1.82) is 0 Å². The van der Waals surface area contributed by atoms with Crippen LogP contribution in [0, 0.1) is 0 Å². The number of hydrogen-bond acceptors (Lipinski definition) is 4. The van der Waals surface area contributed by atoms with Crippen molar-refractivity contribution in [3.8, 4) is 0 Å². The molecule has 0 radical (unpaired) electrons. The monoisotopic (exact) mass is 271 g/mol. The first kappa shape index (κ1) is 13.5. The second-order valence-electron chi connectivity index (χ2n) is 5.35. The van der Waals surface area contributed by atoms with E-state index in [0.717, 1.165) is 11.5 Å². The summed E-state index contributed by atoms with van der Waals surface area (Å²) in [6, 6.07) is 0. The van der Waals surface area contributed by atoms with Crippen LogP contribution in [0.25, 0.3) is 0 Å². The van der Waals surface area contributed by atoms with Gasteiger partial charge in [-0.05, 0) is 12.8 Å². The van der Waals surface area contributed by atoms with Crippen LogP contribution in [0.1, 0.15) is 38.2 Å². The molecule has 2 rings (SSSR count). The highest BCUT2D eigenvalue weighted by Gasteiger charge is 2.29. The summed E-state index contributed by atoms with van der Waals surface area (Å²) in [4.78, 5) is 9.79. The topological polar surface area (TPSA) is 66.1 Å². The maximum Gasteiger partial charge on any atom is 0.155 e. The minimum Gasteiger partial charge on any atom is -0.345 e. The highest BCUT2D eigenvalue weighted by atomic mass is 32.2. The summed E-state index contributed by atoms with van der Waals surface area (Å²) in [5.74, 6) is 1.61. The Bertz CT molecular complexity index is 507. The van der Waals surface area contributed by atoms with Crippen molar-refractivity contribution >= 4 is 9.84 Å². The molecule has 1 aromatic heterocycles. The fourth-order valence-electron chi connectivity index (χ4n) is 2.13. The van der Waals surface area contributed by atoms with Crippen molar-refractivity contribution in [3.05, 3.63) is 17.7 Å². The number of aromatic amines is 1. The molecule has 1 aliphatic heterocycles. The average Bonchev–Trinajstić information content (AvgIpc) is 2.73. The Balaban J connectivity index is 1.98. The standard InChI is InChI=1S/C12H21N3O2S/c1-9(2)11-6-13-12(14-11)8-15-4-5-18(16,17)10(3)7-15/h6,9-10H,4-5,7-8H2,1-3H3,(H,13,14)/t10-/m1/s1. The van der Waals surface area contributed by atoms with Crippen LogP contribution in [0.15, 0.2) is 6.20 Å². The average molecular weight is 271 g/mol. The number of aromatic nitrogens is 2. The lowest BCUT2D eigenvalue weighted by Crippen LogP contribution is -2.45. The number of H-pyrrole nitrogens is 1. The van der Waals surface area contributed by atoms with E-state index >= 15 is 0 Å². The van der Waals surface area contributed by atoms with Gasteiger partial charge < -0.3 is 4.98 Å². The maximum atomic E-state index is 11.6. The molecular formula is C12H21N3O2S. The van der Waals surface area contributed by atoms with E-state index in [2.05, 4.69) is 28.7 Å². The molecule has 2 heterocycles. The predicted molar refractivity (Wildman–Crippen MR) is 71.2 cm³/mol. The highest BCUT2D eigenvalue weighted by Crippen LogP contribution is 2.15. The molecule has 1 atom stereocenters. The Kier molecular flexibility index (Phi) is 3.77. The SMILES string of the molecule is CC(C)c1cnc(CN2CCS(=O)(=O)[C@H](C)C2)[nH]1. The molecule has 0 spiro atoms. The number of nitrogens with one attached hydrogen (secondary N) is 1. The number of rotatable bonds is 3. The Morgan fingerprint density at radius 1 is 1.56 bits per heavy atom. The summed E-state index contributed by atoms with van der Waals surface area (Å²) in [6.07, 6.45) is 1.87. The van der Waals surface area contributed by atoms with Gasteiger partial charge in [-0.1, -0.05) is 13.8 Å². The molecule has 1 aromatic rings. The zero-order valence-electron chi connectivity index (χ0n) is 11.2. The van der Waals surface area contributed by atoms with Gasteiger partial charge in [0, 0.05) is 25.0 Å². The molecule has 0 aliphatic carbocycles. The number of hydrogen-bond donors (Lipinski definition) is 1. The Morgan fingerprint density at radius 3 is 2.83 bits per heavy atom. The van der Waals surface area contributed by atoms with Crippen LogP contribution < -0.4 is 0 Å². The molecule has 0 saturated carbocycles. The van der Waals surface area contributed by atoms with Crippen LogP contribution in [0.3, 0.4) is 0 Å². The van der Waals surface area contributed by atoms with Gasteiger partial charge in [-0.15, -0.1) is 0 Å². The Morgan fingerprint density at radius 2 is 2.28 bits per heavy atom. The van der Waals surface area contributed by atoms with Gasteiger partial charge in [0.1, 0.15) is 5.82 Å². The summed E-state index contributed by atoms with van der Waals surface area (Å²) in [6.45, 7) is 7.92. The molecule has 5 nitrogen and oxygen atoms in total. The predicted octanol–water partition coefficient (Wildman–Crippen LogP) is 1.15. The van der Waals surface area contributed by atoms with Gasteiger partial charge in [-0.2, -0.15) is 0 Å². The van der Waals surface area contributed by atoms with E-state index in [1.807, 2.05) is 6.20 Å². The van der Waals surface area contributed by atoms with E-state index in [0.29, 0.717) is 25.6 Å². The molecule has 0 bridgehead atoms. The number of nitrogens with zero attached hydrogens (tertiary/aromatic N) is 2. The summed E-state index contributed by atoms with van der Waals surface area (Å²) in [5.41, 5.74) is 1.13. The van der Waals surface area contributed by atoms with E-state index in [9.17, 15) is 8.42 Å². The second kappa shape index (κ2) is 5.01. The molecule has 1 aliphatic rings. The Hall–Kier alpha value is -0.880. The van der Waals surface area contributed by atoms with Crippen molar-refractivity contribution in [2.75, 3.05) is 18.8 Å². The first-order valence-electron chi connectivity index (χ1n) is 6.36. The Labute approximate surface area is 109 Å². The van der Waals surface area contributed by atoms with Gasteiger partial charge in [-0.25, -0.2) is 13.4 Å². The molecule has 0 aromatic carbocycles. The van der Waals surface area contributed by atoms with Gasteiger partial charge in [-0.3, -0.25) is 4.90 Å². The van der Waals surface area contributed by atoms with Crippen LogP contribution >= 0.6 is 0 Å². The van der Waals surface area contributed by atoms with E-state index in [1.165, 1.54) is 0 Å². The van der Waals surface area contributed by atoms with Crippen LogP contribution in [-0.2, 0) is 16.4 Å². The van der Waals surface area contributed by atoms with E-state index in [-0.39, 0.29) is 11.0 Å². The number of imidazole rings is 1. The van der Waals surface area contributed by atoms with Gasteiger partial charge >= 0.3 is 0 Å². The largest absolute Gasteiger partial charge is 0.345 e. The first-order chi connectivity index (χ1) is 8.38. The molecule has 102 valence electrons. The summed E-state index contributed by atoms with van der Waals surface area (Å²) < 4.78 is 23.2. The van der Waals surface area contributed by atoms with E-state index in [4.69, 9.17) is 0 Å². The fourth-order valence-corrected chi connectivity index (χ4v) is 3.49. The quantitative estimate of drug-likeness (QED) is 0.895. The molecule has 0 amide bonds. The van der Waals surface area contributed by atoms with Crippen molar-refractivity contribution in [2.45, 2.75) is 38.5 Å². The summed E-state index contributed by atoms with van der Waals surface area (Å²) >= 11 is 0. The maximum absolute atomic E-state index is 11.6. The zero-order valence-corrected chi connectivity index (χ0v) is 12.0. The van der Waals surface area contributed by atoms with Crippen LogP contribution in [-0.4, -0.2) is 47.4 Å². The first-order valence-corrected chi connectivity index (χ1v) is 8.07. The van der Waals surface area contributed by atoms with Crippen LogP contribution in [0.2, 0.25) is 0 Å². The van der Waals surface area contributed by atoms with Crippen molar-refractivity contribution < 1.29 is 8.42 Å². The van der Waals surface area contributed by atoms with Gasteiger partial charge in [0.05, 0.1) is 17.5 Å². The number of sulfone groups is 1. The lowest BCUT2D eigenvalue weighted by Gasteiger charge is -2.29. The minimum absolute atomic E-state index is 0.256. The zero-order chi connectivity index (χ0) is 13.3. The highest BCUT2D eigenvalue weighted by molar-refractivity contribution is 7.92. The van der Waals surface area contributed by atoms with E-state index in [1.54, 1.807) is 6.92 Å². The molecule has 0 unspecified atom stereocenters. The lowest BCUT2D eigenvalue weighted by molar-refractivity contribution is 0.264. The minimum atomic E-state index is -2.87. The third kappa shape index (κ3) is 2.92. The molecule has 1 saturated heterocycles. The van der Waals surface area contributed by atoms with Gasteiger partial charge in [0.2, 0.25) is 0 Å². The normalized spacial score (nSPS) is 24.6. The van der Waals surface area contributed by atoms with Crippen LogP contribution in [0.4, 0.5) is 0 Å².